The van der Waals surface area contributed by atoms with Crippen LogP contribution in [0.1, 0.15) is 23.3 Å². The van der Waals surface area contributed by atoms with E-state index in [1.165, 1.54) is 6.07 Å². The van der Waals surface area contributed by atoms with Crippen LogP contribution in [0.15, 0.2) is 28.8 Å². The summed E-state index contributed by atoms with van der Waals surface area (Å²) in [5.41, 5.74) is 0.505. The number of para-hydroxylation sites is 1. The van der Waals surface area contributed by atoms with Crippen LogP contribution < -0.4 is 9.47 Å². The van der Waals surface area contributed by atoms with E-state index in [1.54, 1.807) is 13.2 Å². The van der Waals surface area contributed by atoms with Crippen molar-refractivity contribution in [1.82, 2.24) is 5.16 Å². The van der Waals surface area contributed by atoms with Crippen molar-refractivity contribution < 1.29 is 23.9 Å². The molecule has 1 aliphatic heterocycles. The molecule has 1 fully saturated rings. The normalized spacial score (nSPS) is 15.3. The Morgan fingerprint density at radius 3 is 2.83 bits per heavy atom. The molecule has 6 nitrogen and oxygen atoms in total. The molecule has 0 radical (unpaired) electrons. The van der Waals surface area contributed by atoms with E-state index in [2.05, 4.69) is 5.16 Å². The van der Waals surface area contributed by atoms with Crippen molar-refractivity contribution in [3.63, 3.8) is 0 Å². The maximum Gasteiger partial charge on any atom is 0.358 e. The fraction of sp³-hybridized carbons (Fsp3) is 0.375. The zero-order chi connectivity index (χ0) is 16.2. The van der Waals surface area contributed by atoms with E-state index < -0.39 is 5.97 Å². The third kappa shape index (κ3) is 3.44. The summed E-state index contributed by atoms with van der Waals surface area (Å²) in [5.74, 6) is 2.52. The minimum atomic E-state index is -1.13. The first-order valence-corrected chi connectivity index (χ1v) is 8.46. The van der Waals surface area contributed by atoms with Gasteiger partial charge < -0.3 is 19.1 Å². The van der Waals surface area contributed by atoms with E-state index in [1.807, 2.05) is 23.9 Å². The topological polar surface area (TPSA) is 81.8 Å². The number of aromatic nitrogens is 1. The molecule has 1 aromatic heterocycles. The van der Waals surface area contributed by atoms with Gasteiger partial charge in [0, 0.05) is 6.07 Å². The van der Waals surface area contributed by atoms with Gasteiger partial charge in [0.05, 0.1) is 12.7 Å². The Morgan fingerprint density at radius 1 is 1.39 bits per heavy atom. The second-order valence-electron chi connectivity index (χ2n) is 5.15. The zero-order valence-electron chi connectivity index (χ0n) is 12.7. The molecule has 2 heterocycles. The molecule has 0 amide bonds. The summed E-state index contributed by atoms with van der Waals surface area (Å²) in [7, 11) is 1.58. The number of rotatable bonds is 5. The van der Waals surface area contributed by atoms with Crippen LogP contribution in [-0.2, 0) is 0 Å². The van der Waals surface area contributed by atoms with E-state index in [9.17, 15) is 4.79 Å². The molecule has 1 aromatic carbocycles. The summed E-state index contributed by atoms with van der Waals surface area (Å²) in [6.07, 6.45) is 2.06. The molecule has 0 spiro atoms. The van der Waals surface area contributed by atoms with Crippen LogP contribution in [0, 0.1) is 0 Å². The van der Waals surface area contributed by atoms with E-state index in [-0.39, 0.29) is 11.8 Å². The summed E-state index contributed by atoms with van der Waals surface area (Å²) in [6, 6.07) is 6.81. The van der Waals surface area contributed by atoms with Gasteiger partial charge in [-0.2, -0.15) is 11.8 Å². The average molecular weight is 335 g/mol. The van der Waals surface area contributed by atoms with Gasteiger partial charge in [-0.25, -0.2) is 4.79 Å². The Morgan fingerprint density at radius 2 is 2.17 bits per heavy atom. The first-order chi connectivity index (χ1) is 11.2. The Bertz CT molecular complexity index is 694. The Hall–Kier alpha value is -2.15. The molecule has 0 aliphatic carbocycles. The molecule has 1 saturated heterocycles. The first-order valence-electron chi connectivity index (χ1n) is 7.31. The van der Waals surface area contributed by atoms with Gasteiger partial charge in [-0.1, -0.05) is 11.2 Å². The lowest BCUT2D eigenvalue weighted by molar-refractivity contribution is 0.0686. The van der Waals surface area contributed by atoms with Crippen molar-refractivity contribution in [2.45, 2.75) is 18.9 Å². The van der Waals surface area contributed by atoms with Crippen molar-refractivity contribution >= 4 is 17.7 Å². The molecule has 1 N–H and O–H groups in total. The lowest BCUT2D eigenvalue weighted by Gasteiger charge is -2.24. The van der Waals surface area contributed by atoms with E-state index in [4.69, 9.17) is 19.1 Å². The molecule has 0 atom stereocenters. The summed E-state index contributed by atoms with van der Waals surface area (Å²) in [6.45, 7) is 0. The Kier molecular flexibility index (Phi) is 4.76. The molecule has 23 heavy (non-hydrogen) atoms. The van der Waals surface area contributed by atoms with Gasteiger partial charge in [-0.05, 0) is 36.5 Å². The average Bonchev–Trinajstić information content (AvgIpc) is 3.06. The number of thioether (sulfide) groups is 1. The number of carbonyl (C=O) groups is 1. The molecule has 7 heteroatoms. The highest BCUT2D eigenvalue weighted by atomic mass is 32.2. The van der Waals surface area contributed by atoms with E-state index >= 15 is 0 Å². The Labute approximate surface area is 137 Å². The minimum absolute atomic E-state index is 0.119. The second kappa shape index (κ2) is 6.95. The quantitative estimate of drug-likeness (QED) is 0.897. The number of ether oxygens (including phenoxy) is 2. The maximum atomic E-state index is 11.0. The first kappa shape index (κ1) is 15.7. The number of methoxy groups -OCH3 is 1. The van der Waals surface area contributed by atoms with Gasteiger partial charge in [0.1, 0.15) is 6.10 Å². The molecule has 122 valence electrons. The van der Waals surface area contributed by atoms with Gasteiger partial charge in [0.2, 0.25) is 0 Å². The monoisotopic (exact) mass is 335 g/mol. The van der Waals surface area contributed by atoms with Gasteiger partial charge >= 0.3 is 5.97 Å². The predicted octanol–water partition coefficient (Wildman–Crippen LogP) is 3.32. The van der Waals surface area contributed by atoms with Crippen LogP contribution in [-0.4, -0.2) is 41.0 Å². The largest absolute Gasteiger partial charge is 0.493 e. The molecule has 0 bridgehead atoms. The Balaban J connectivity index is 1.96. The molecular formula is C16H17NO5S. The summed E-state index contributed by atoms with van der Waals surface area (Å²) in [4.78, 5) is 11.0. The number of hydrogen-bond acceptors (Lipinski definition) is 6. The molecule has 0 unspecified atom stereocenters. The van der Waals surface area contributed by atoms with E-state index in [0.717, 1.165) is 24.3 Å². The molecular weight excluding hydrogens is 318 g/mol. The summed E-state index contributed by atoms with van der Waals surface area (Å²) in [5, 5.41) is 12.6. The second-order valence-corrected chi connectivity index (χ2v) is 6.37. The number of hydrogen-bond donors (Lipinski definition) is 1. The number of carboxylic acid groups (broad SMARTS) is 1. The molecule has 0 saturated carbocycles. The maximum absolute atomic E-state index is 11.0. The number of nitrogens with zero attached hydrogens (tertiary/aromatic N) is 1. The molecule has 3 rings (SSSR count). The predicted molar refractivity (Wildman–Crippen MR) is 86.4 cm³/mol. The fourth-order valence-corrected chi connectivity index (χ4v) is 3.52. The zero-order valence-corrected chi connectivity index (χ0v) is 13.5. The lowest BCUT2D eigenvalue weighted by atomic mass is 10.1. The standard InChI is InChI=1S/C16H17NO5S/c1-20-13-4-2-3-11(14-9-12(16(18)19)17-22-14)15(13)21-10-5-7-23-8-6-10/h2-4,9-10H,5-8H2,1H3,(H,18,19). The highest BCUT2D eigenvalue weighted by Gasteiger charge is 2.22. The van der Waals surface area contributed by atoms with Crippen LogP contribution in [0.4, 0.5) is 0 Å². The van der Waals surface area contributed by atoms with Crippen molar-refractivity contribution in [1.29, 1.82) is 0 Å². The number of benzene rings is 1. The highest BCUT2D eigenvalue weighted by Crippen LogP contribution is 2.40. The van der Waals surface area contributed by atoms with Crippen molar-refractivity contribution in [2.24, 2.45) is 0 Å². The van der Waals surface area contributed by atoms with Crippen LogP contribution in [0.3, 0.4) is 0 Å². The van der Waals surface area contributed by atoms with E-state index in [0.29, 0.717) is 22.8 Å². The van der Waals surface area contributed by atoms with Gasteiger partial charge in [-0.3, -0.25) is 0 Å². The minimum Gasteiger partial charge on any atom is -0.493 e. The smallest absolute Gasteiger partial charge is 0.358 e. The van der Waals surface area contributed by atoms with Gasteiger partial charge in [0.15, 0.2) is 23.0 Å². The van der Waals surface area contributed by atoms with Crippen molar-refractivity contribution in [3.8, 4) is 22.8 Å². The fourth-order valence-electron chi connectivity index (χ4n) is 2.46. The summed E-state index contributed by atoms with van der Waals surface area (Å²) < 4.78 is 16.7. The SMILES string of the molecule is COc1cccc(-c2cc(C(=O)O)no2)c1OC1CCSCC1. The lowest BCUT2D eigenvalue weighted by Crippen LogP contribution is -2.22. The summed E-state index contributed by atoms with van der Waals surface area (Å²) >= 11 is 1.92. The third-order valence-electron chi connectivity index (χ3n) is 3.65. The van der Waals surface area contributed by atoms with Crippen LogP contribution in [0.2, 0.25) is 0 Å². The third-order valence-corrected chi connectivity index (χ3v) is 4.70. The number of carboxylic acids is 1. The highest BCUT2D eigenvalue weighted by molar-refractivity contribution is 7.99. The molecule has 1 aliphatic rings. The molecule has 2 aromatic rings. The van der Waals surface area contributed by atoms with Gasteiger partial charge in [-0.15, -0.1) is 0 Å². The van der Waals surface area contributed by atoms with Gasteiger partial charge in [0.25, 0.3) is 0 Å². The van der Waals surface area contributed by atoms with Crippen LogP contribution in [0.5, 0.6) is 11.5 Å². The van der Waals surface area contributed by atoms with Crippen LogP contribution >= 0.6 is 11.8 Å². The van der Waals surface area contributed by atoms with Crippen molar-refractivity contribution in [2.75, 3.05) is 18.6 Å². The number of aromatic carboxylic acids is 1. The van der Waals surface area contributed by atoms with Crippen LogP contribution in [0.25, 0.3) is 11.3 Å². The van der Waals surface area contributed by atoms with Crippen molar-refractivity contribution in [3.05, 3.63) is 30.0 Å².